The molecule has 1 atom stereocenters. The monoisotopic (exact) mass is 266 g/mol. The van der Waals surface area contributed by atoms with Gasteiger partial charge >= 0.3 is 6.03 Å². The molecule has 1 aliphatic rings. The summed E-state index contributed by atoms with van der Waals surface area (Å²) in [4.78, 5) is 27.8. The van der Waals surface area contributed by atoms with Crippen LogP contribution in [-0.2, 0) is 4.79 Å². The number of nitrogens with zero attached hydrogens (tertiary/aromatic N) is 3. The Hall–Kier alpha value is -1.76. The third-order valence-corrected chi connectivity index (χ3v) is 3.68. The van der Waals surface area contributed by atoms with Gasteiger partial charge < -0.3 is 5.32 Å². The first-order chi connectivity index (χ1) is 8.46. The summed E-state index contributed by atoms with van der Waals surface area (Å²) >= 11 is 1.49. The summed E-state index contributed by atoms with van der Waals surface area (Å²) in [7, 11) is 0. The number of aryl methyl sites for hydroxylation is 1. The van der Waals surface area contributed by atoms with E-state index in [0.717, 1.165) is 10.0 Å². The maximum atomic E-state index is 12.0. The van der Waals surface area contributed by atoms with Crippen molar-refractivity contribution in [3.05, 3.63) is 16.1 Å². The van der Waals surface area contributed by atoms with Gasteiger partial charge in [-0.3, -0.25) is 4.79 Å². The molecule has 6 nitrogen and oxygen atoms in total. The van der Waals surface area contributed by atoms with E-state index in [1.165, 1.54) is 17.6 Å². The molecule has 1 N–H and O–H groups in total. The van der Waals surface area contributed by atoms with Crippen LogP contribution in [0.25, 0.3) is 0 Å². The highest BCUT2D eigenvalue weighted by Gasteiger charge is 2.46. The number of thiazole rings is 1. The summed E-state index contributed by atoms with van der Waals surface area (Å²) < 4.78 is 0. The zero-order valence-corrected chi connectivity index (χ0v) is 11.2. The maximum absolute atomic E-state index is 12.0. The lowest BCUT2D eigenvalue weighted by Crippen LogP contribution is -2.42. The molecule has 1 fully saturated rings. The van der Waals surface area contributed by atoms with Crippen LogP contribution in [-0.4, -0.2) is 33.7 Å². The first-order valence-corrected chi connectivity index (χ1v) is 6.47. The molecule has 0 bridgehead atoms. The van der Waals surface area contributed by atoms with Crippen molar-refractivity contribution in [3.8, 4) is 0 Å². The van der Waals surface area contributed by atoms with Gasteiger partial charge in [0.1, 0.15) is 5.54 Å². The van der Waals surface area contributed by atoms with Gasteiger partial charge in [-0.25, -0.2) is 9.78 Å². The Morgan fingerprint density at radius 3 is 2.83 bits per heavy atom. The quantitative estimate of drug-likeness (QED) is 0.665. The number of urea groups is 1. The molecular formula is C11H14N4O2S. The number of hydrogen-bond donors (Lipinski definition) is 1. The van der Waals surface area contributed by atoms with Crippen LogP contribution in [0.4, 0.5) is 4.79 Å². The van der Waals surface area contributed by atoms with E-state index in [1.807, 2.05) is 19.2 Å². The molecule has 0 radical (unpaired) electrons. The molecule has 0 aliphatic carbocycles. The number of aromatic nitrogens is 1. The Bertz CT molecular complexity index is 525. The molecule has 3 amide bonds. The summed E-state index contributed by atoms with van der Waals surface area (Å²) in [6, 6.07) is -0.493. The summed E-state index contributed by atoms with van der Waals surface area (Å²) in [6.07, 6.45) is 1.95. The molecule has 1 aromatic heterocycles. The molecule has 18 heavy (non-hydrogen) atoms. The number of imide groups is 1. The molecule has 0 aromatic carbocycles. The zero-order valence-electron chi connectivity index (χ0n) is 10.4. The standard InChI is InChI=1S/C11H14N4O2S/c1-4-11(3)9(16)15(10(17)14-11)12-5-8-6-18-7(2)13-8/h5-6H,4H2,1-3H3,(H,14,17)/b12-5+. The third-order valence-electron chi connectivity index (χ3n) is 2.89. The minimum Gasteiger partial charge on any atom is -0.322 e. The molecular weight excluding hydrogens is 252 g/mol. The van der Waals surface area contributed by atoms with E-state index in [0.29, 0.717) is 12.1 Å². The largest absolute Gasteiger partial charge is 0.346 e. The van der Waals surface area contributed by atoms with Crippen LogP contribution in [0, 0.1) is 6.92 Å². The molecule has 1 aromatic rings. The number of amides is 3. The Kier molecular flexibility index (Phi) is 3.16. The van der Waals surface area contributed by atoms with Crippen LogP contribution < -0.4 is 5.32 Å². The molecule has 2 heterocycles. The third kappa shape index (κ3) is 2.13. The maximum Gasteiger partial charge on any atom is 0.346 e. The van der Waals surface area contributed by atoms with Crippen molar-refractivity contribution in [2.45, 2.75) is 32.7 Å². The lowest BCUT2D eigenvalue weighted by Gasteiger charge is -2.17. The summed E-state index contributed by atoms with van der Waals surface area (Å²) in [5.74, 6) is -0.335. The van der Waals surface area contributed by atoms with E-state index in [1.54, 1.807) is 6.92 Å². The van der Waals surface area contributed by atoms with E-state index in [-0.39, 0.29) is 5.91 Å². The lowest BCUT2D eigenvalue weighted by molar-refractivity contribution is -0.130. The number of carbonyl (C=O) groups is 2. The van der Waals surface area contributed by atoms with Crippen molar-refractivity contribution >= 4 is 29.5 Å². The highest BCUT2D eigenvalue weighted by Crippen LogP contribution is 2.20. The van der Waals surface area contributed by atoms with Gasteiger partial charge in [0.25, 0.3) is 5.91 Å². The van der Waals surface area contributed by atoms with Crippen molar-refractivity contribution in [2.75, 3.05) is 0 Å². The number of hydrogen-bond acceptors (Lipinski definition) is 5. The fourth-order valence-electron chi connectivity index (χ4n) is 1.57. The van der Waals surface area contributed by atoms with Crippen molar-refractivity contribution in [3.63, 3.8) is 0 Å². The van der Waals surface area contributed by atoms with E-state index < -0.39 is 11.6 Å². The molecule has 1 saturated heterocycles. The summed E-state index contributed by atoms with van der Waals surface area (Å²) in [5.41, 5.74) is -0.213. The van der Waals surface area contributed by atoms with E-state index in [9.17, 15) is 9.59 Å². The van der Waals surface area contributed by atoms with Crippen LogP contribution in [0.2, 0.25) is 0 Å². The lowest BCUT2D eigenvalue weighted by atomic mass is 10.00. The van der Waals surface area contributed by atoms with E-state index >= 15 is 0 Å². The second kappa shape index (κ2) is 4.49. The van der Waals surface area contributed by atoms with E-state index in [2.05, 4.69) is 15.4 Å². The topological polar surface area (TPSA) is 74.7 Å². The predicted molar refractivity (Wildman–Crippen MR) is 68.5 cm³/mol. The second-order valence-corrected chi connectivity index (χ2v) is 5.33. The summed E-state index contributed by atoms with van der Waals surface area (Å²) in [5, 5.41) is 10.1. The molecule has 0 saturated carbocycles. The molecule has 2 rings (SSSR count). The average molecular weight is 266 g/mol. The van der Waals surface area contributed by atoms with Crippen LogP contribution in [0.3, 0.4) is 0 Å². The summed E-state index contributed by atoms with van der Waals surface area (Å²) in [6.45, 7) is 5.41. The zero-order chi connectivity index (χ0) is 13.3. The fraction of sp³-hybridized carbons (Fsp3) is 0.455. The predicted octanol–water partition coefficient (Wildman–Crippen LogP) is 1.51. The number of carbonyl (C=O) groups excluding carboxylic acids is 2. The van der Waals surface area contributed by atoms with Gasteiger partial charge in [-0.15, -0.1) is 16.3 Å². The average Bonchev–Trinajstić information content (AvgIpc) is 2.82. The Balaban J connectivity index is 2.17. The fourth-order valence-corrected chi connectivity index (χ4v) is 2.13. The minimum absolute atomic E-state index is 0.335. The van der Waals surface area contributed by atoms with Gasteiger partial charge in [0.15, 0.2) is 0 Å². The number of hydrazone groups is 1. The van der Waals surface area contributed by atoms with Crippen LogP contribution in [0.1, 0.15) is 31.0 Å². The van der Waals surface area contributed by atoms with E-state index in [4.69, 9.17) is 0 Å². The Morgan fingerprint density at radius 1 is 1.61 bits per heavy atom. The van der Waals surface area contributed by atoms with Gasteiger partial charge in [-0.05, 0) is 20.3 Å². The normalized spacial score (nSPS) is 24.1. The van der Waals surface area contributed by atoms with Crippen molar-refractivity contribution in [2.24, 2.45) is 5.10 Å². The Morgan fingerprint density at radius 2 is 2.33 bits per heavy atom. The van der Waals surface area contributed by atoms with Crippen molar-refractivity contribution in [1.29, 1.82) is 0 Å². The SMILES string of the molecule is CCC1(C)NC(=O)N(/N=C/c2csc(C)n2)C1=O. The van der Waals surface area contributed by atoms with Crippen molar-refractivity contribution in [1.82, 2.24) is 15.3 Å². The Labute approximate surface area is 109 Å². The van der Waals surface area contributed by atoms with Gasteiger partial charge in [0, 0.05) is 5.38 Å². The van der Waals surface area contributed by atoms with Gasteiger partial charge in [0.05, 0.1) is 16.9 Å². The second-order valence-electron chi connectivity index (χ2n) is 4.27. The van der Waals surface area contributed by atoms with Crippen LogP contribution >= 0.6 is 11.3 Å². The van der Waals surface area contributed by atoms with Gasteiger partial charge in [-0.1, -0.05) is 6.92 Å². The minimum atomic E-state index is -0.855. The first-order valence-electron chi connectivity index (χ1n) is 5.59. The van der Waals surface area contributed by atoms with Crippen LogP contribution in [0.5, 0.6) is 0 Å². The van der Waals surface area contributed by atoms with Gasteiger partial charge in [0.2, 0.25) is 0 Å². The number of rotatable bonds is 3. The highest BCUT2D eigenvalue weighted by molar-refractivity contribution is 7.09. The molecule has 7 heteroatoms. The smallest absolute Gasteiger partial charge is 0.322 e. The first kappa shape index (κ1) is 12.7. The number of nitrogens with one attached hydrogen (secondary N) is 1. The van der Waals surface area contributed by atoms with Gasteiger partial charge in [-0.2, -0.15) is 5.10 Å². The highest BCUT2D eigenvalue weighted by atomic mass is 32.1. The molecule has 96 valence electrons. The van der Waals surface area contributed by atoms with Crippen molar-refractivity contribution < 1.29 is 9.59 Å². The van der Waals surface area contributed by atoms with Crippen LogP contribution in [0.15, 0.2) is 10.5 Å². The molecule has 1 aliphatic heterocycles. The molecule has 1 unspecified atom stereocenters. The molecule has 0 spiro atoms.